The van der Waals surface area contributed by atoms with Gasteiger partial charge in [-0.1, -0.05) is 13.8 Å². The number of ketones is 1. The van der Waals surface area contributed by atoms with Crippen molar-refractivity contribution in [1.29, 1.82) is 0 Å². The molecule has 0 heterocycles. The van der Waals surface area contributed by atoms with E-state index in [-0.39, 0.29) is 17.6 Å². The van der Waals surface area contributed by atoms with Crippen LogP contribution in [0.2, 0.25) is 0 Å². The number of hydrogen-bond acceptors (Lipinski definition) is 4. The first-order valence-corrected chi connectivity index (χ1v) is 6.45. The lowest BCUT2D eigenvalue weighted by molar-refractivity contribution is -0.116. The van der Waals surface area contributed by atoms with E-state index in [9.17, 15) is 9.59 Å². The molecule has 0 aliphatic heterocycles. The minimum atomic E-state index is -0.147. The Balaban J connectivity index is 3.15. The van der Waals surface area contributed by atoms with E-state index < -0.39 is 0 Å². The quantitative estimate of drug-likeness (QED) is 0.813. The second-order valence-corrected chi connectivity index (χ2v) is 4.96. The number of benzene rings is 1. The van der Waals surface area contributed by atoms with Gasteiger partial charge >= 0.3 is 0 Å². The van der Waals surface area contributed by atoms with Crippen LogP contribution in [0.25, 0.3) is 0 Å². The number of Topliss-reactive ketones (excluding diaryl/α,β-unsaturated/α-hetero) is 1. The van der Waals surface area contributed by atoms with Crippen LogP contribution < -0.4 is 14.8 Å². The zero-order valence-corrected chi connectivity index (χ0v) is 12.6. The van der Waals surface area contributed by atoms with Crippen LogP contribution in [0.3, 0.4) is 0 Å². The number of carbonyl (C=O) groups excluding carboxylic acids is 2. The molecule has 20 heavy (non-hydrogen) atoms. The molecule has 0 bridgehead atoms. The summed E-state index contributed by atoms with van der Waals surface area (Å²) in [4.78, 5) is 23.5. The molecular formula is C15H21NO4. The Hall–Kier alpha value is -2.04. The second-order valence-electron chi connectivity index (χ2n) is 4.96. The molecule has 0 unspecified atom stereocenters. The van der Waals surface area contributed by atoms with Gasteiger partial charge in [0.2, 0.25) is 5.91 Å². The van der Waals surface area contributed by atoms with Crippen LogP contribution in [-0.2, 0) is 4.79 Å². The summed E-state index contributed by atoms with van der Waals surface area (Å²) in [6.45, 7) is 5.36. The third-order valence-corrected chi connectivity index (χ3v) is 2.77. The molecule has 0 saturated heterocycles. The van der Waals surface area contributed by atoms with Crippen LogP contribution in [0, 0.1) is 5.92 Å². The number of carbonyl (C=O) groups is 2. The first kappa shape index (κ1) is 16.0. The van der Waals surface area contributed by atoms with E-state index in [1.807, 2.05) is 13.8 Å². The predicted molar refractivity (Wildman–Crippen MR) is 77.6 cm³/mol. The number of ether oxygens (including phenoxy) is 2. The minimum Gasteiger partial charge on any atom is -0.493 e. The number of amides is 1. The summed E-state index contributed by atoms with van der Waals surface area (Å²) in [6, 6.07) is 3.18. The van der Waals surface area contributed by atoms with E-state index in [0.717, 1.165) is 0 Å². The number of anilines is 1. The average molecular weight is 279 g/mol. The van der Waals surface area contributed by atoms with Crippen molar-refractivity contribution in [2.75, 3.05) is 19.5 Å². The molecule has 0 atom stereocenters. The third-order valence-electron chi connectivity index (χ3n) is 2.77. The summed E-state index contributed by atoms with van der Waals surface area (Å²) in [5.74, 6) is 0.897. The molecule has 5 heteroatoms. The molecule has 0 radical (unpaired) electrons. The van der Waals surface area contributed by atoms with Gasteiger partial charge in [-0.25, -0.2) is 0 Å². The van der Waals surface area contributed by atoms with E-state index in [1.165, 1.54) is 21.1 Å². The second kappa shape index (κ2) is 6.93. The summed E-state index contributed by atoms with van der Waals surface area (Å²) < 4.78 is 10.3. The van der Waals surface area contributed by atoms with Gasteiger partial charge in [0, 0.05) is 18.1 Å². The smallest absolute Gasteiger partial charge is 0.224 e. The van der Waals surface area contributed by atoms with Gasteiger partial charge in [0.25, 0.3) is 0 Å². The SMILES string of the molecule is COc1cc(NC(=O)CC(C)C)c(C(C)=O)cc1OC. The van der Waals surface area contributed by atoms with Crippen LogP contribution in [0.5, 0.6) is 11.5 Å². The Labute approximate surface area is 119 Å². The molecule has 0 aliphatic carbocycles. The van der Waals surface area contributed by atoms with Crippen molar-refractivity contribution < 1.29 is 19.1 Å². The lowest BCUT2D eigenvalue weighted by Gasteiger charge is -2.14. The van der Waals surface area contributed by atoms with Crippen LogP contribution in [-0.4, -0.2) is 25.9 Å². The molecule has 1 aromatic rings. The summed E-state index contributed by atoms with van der Waals surface area (Å²) in [7, 11) is 3.00. The molecule has 1 rings (SSSR count). The molecule has 1 N–H and O–H groups in total. The topological polar surface area (TPSA) is 64.6 Å². The van der Waals surface area contributed by atoms with Gasteiger partial charge in [-0.15, -0.1) is 0 Å². The molecule has 1 amide bonds. The number of rotatable bonds is 6. The molecule has 0 aliphatic rings. The van der Waals surface area contributed by atoms with E-state index in [4.69, 9.17) is 9.47 Å². The molecule has 0 saturated carbocycles. The van der Waals surface area contributed by atoms with Gasteiger partial charge in [0.1, 0.15) is 0 Å². The number of nitrogens with one attached hydrogen (secondary N) is 1. The predicted octanol–water partition coefficient (Wildman–Crippen LogP) is 2.89. The third kappa shape index (κ3) is 3.98. The van der Waals surface area contributed by atoms with Gasteiger partial charge in [-0.05, 0) is 18.9 Å². The monoisotopic (exact) mass is 279 g/mol. The van der Waals surface area contributed by atoms with Crippen molar-refractivity contribution in [3.05, 3.63) is 17.7 Å². The highest BCUT2D eigenvalue weighted by Crippen LogP contribution is 2.33. The van der Waals surface area contributed by atoms with Gasteiger partial charge in [-0.3, -0.25) is 9.59 Å². The zero-order valence-electron chi connectivity index (χ0n) is 12.6. The summed E-state index contributed by atoms with van der Waals surface area (Å²) in [6.07, 6.45) is 0.395. The van der Waals surface area contributed by atoms with Crippen LogP contribution in [0.1, 0.15) is 37.6 Å². The van der Waals surface area contributed by atoms with Crippen LogP contribution >= 0.6 is 0 Å². The fourth-order valence-corrected chi connectivity index (χ4v) is 1.85. The lowest BCUT2D eigenvalue weighted by Crippen LogP contribution is -2.16. The summed E-state index contributed by atoms with van der Waals surface area (Å²) in [5.41, 5.74) is 0.848. The molecule has 0 aromatic heterocycles. The van der Waals surface area contributed by atoms with Gasteiger partial charge in [0.05, 0.1) is 19.9 Å². The van der Waals surface area contributed by atoms with E-state index >= 15 is 0 Å². The zero-order chi connectivity index (χ0) is 15.3. The Morgan fingerprint density at radius 1 is 1.15 bits per heavy atom. The Bertz CT molecular complexity index is 509. The normalized spacial score (nSPS) is 10.3. The lowest BCUT2D eigenvalue weighted by atomic mass is 10.1. The maximum Gasteiger partial charge on any atom is 0.224 e. The highest BCUT2D eigenvalue weighted by molar-refractivity contribution is 6.04. The Morgan fingerprint density at radius 3 is 2.15 bits per heavy atom. The minimum absolute atomic E-state index is 0.130. The van der Waals surface area contributed by atoms with Crippen LogP contribution in [0.15, 0.2) is 12.1 Å². The van der Waals surface area contributed by atoms with Crippen molar-refractivity contribution >= 4 is 17.4 Å². The van der Waals surface area contributed by atoms with Gasteiger partial charge < -0.3 is 14.8 Å². The van der Waals surface area contributed by atoms with Crippen molar-refractivity contribution in [1.82, 2.24) is 0 Å². The molecule has 0 fully saturated rings. The first-order valence-electron chi connectivity index (χ1n) is 6.45. The van der Waals surface area contributed by atoms with Gasteiger partial charge in [-0.2, -0.15) is 0 Å². The average Bonchev–Trinajstić information content (AvgIpc) is 2.36. The Morgan fingerprint density at radius 2 is 1.70 bits per heavy atom. The van der Waals surface area contributed by atoms with Gasteiger partial charge in [0.15, 0.2) is 17.3 Å². The fraction of sp³-hybridized carbons (Fsp3) is 0.467. The summed E-state index contributed by atoms with van der Waals surface area (Å²) in [5, 5.41) is 2.75. The largest absolute Gasteiger partial charge is 0.493 e. The van der Waals surface area contributed by atoms with Crippen molar-refractivity contribution in [2.24, 2.45) is 5.92 Å². The number of methoxy groups -OCH3 is 2. The first-order chi connectivity index (χ1) is 9.38. The Kier molecular flexibility index (Phi) is 5.55. The molecular weight excluding hydrogens is 258 g/mol. The summed E-state index contributed by atoms with van der Waals surface area (Å²) >= 11 is 0. The van der Waals surface area contributed by atoms with E-state index in [0.29, 0.717) is 29.2 Å². The highest BCUT2D eigenvalue weighted by atomic mass is 16.5. The molecule has 110 valence electrons. The fourth-order valence-electron chi connectivity index (χ4n) is 1.85. The molecule has 0 spiro atoms. The molecule has 5 nitrogen and oxygen atoms in total. The molecule has 1 aromatic carbocycles. The maximum absolute atomic E-state index is 11.9. The van der Waals surface area contributed by atoms with E-state index in [1.54, 1.807) is 12.1 Å². The number of hydrogen-bond donors (Lipinski definition) is 1. The van der Waals surface area contributed by atoms with E-state index in [2.05, 4.69) is 5.32 Å². The van der Waals surface area contributed by atoms with Crippen molar-refractivity contribution in [2.45, 2.75) is 27.2 Å². The highest BCUT2D eigenvalue weighted by Gasteiger charge is 2.16. The van der Waals surface area contributed by atoms with Crippen molar-refractivity contribution in [3.63, 3.8) is 0 Å². The standard InChI is InChI=1S/C15H21NO4/c1-9(2)6-15(18)16-12-8-14(20-5)13(19-4)7-11(12)10(3)17/h7-9H,6H2,1-5H3,(H,16,18). The van der Waals surface area contributed by atoms with Crippen LogP contribution in [0.4, 0.5) is 5.69 Å². The van der Waals surface area contributed by atoms with Crippen molar-refractivity contribution in [3.8, 4) is 11.5 Å². The maximum atomic E-state index is 11.9.